The van der Waals surface area contributed by atoms with Gasteiger partial charge in [0.2, 0.25) is 0 Å². The second-order valence-electron chi connectivity index (χ2n) is 2.31. The zero-order chi connectivity index (χ0) is 7.56. The molecule has 0 aliphatic carbocycles. The van der Waals surface area contributed by atoms with E-state index in [0.717, 1.165) is 5.70 Å². The van der Waals surface area contributed by atoms with Crippen LogP contribution in [0.2, 0.25) is 0 Å². The maximum absolute atomic E-state index is 3.87. The number of nitrogens with one attached hydrogen (secondary N) is 2. The highest BCUT2D eigenvalue weighted by molar-refractivity contribution is 7.95. The number of hydrogen-bond acceptors (Lipinski definition) is 3. The van der Waals surface area contributed by atoms with Crippen LogP contribution in [0.5, 0.6) is 0 Å². The van der Waals surface area contributed by atoms with E-state index in [1.54, 1.807) is 0 Å². The average Bonchev–Trinajstić information content (AvgIpc) is 2.34. The van der Waals surface area contributed by atoms with Crippen LogP contribution in [0.4, 0.5) is 0 Å². The quantitative estimate of drug-likeness (QED) is 0.445. The maximum Gasteiger partial charge on any atom is 0.0794 e. The van der Waals surface area contributed by atoms with Crippen LogP contribution in [0.15, 0.2) is 23.9 Å². The molecule has 0 saturated carbocycles. The van der Waals surface area contributed by atoms with Crippen LogP contribution >= 0.6 is 12.1 Å². The highest BCUT2D eigenvalue weighted by Gasteiger charge is 2.19. The van der Waals surface area contributed by atoms with Crippen molar-refractivity contribution >= 4 is 12.1 Å². The first kappa shape index (κ1) is 7.69. The normalized spacial score (nSPS) is 26.8. The van der Waals surface area contributed by atoms with Crippen LogP contribution < -0.4 is 9.44 Å². The molecule has 2 N–H and O–H groups in total. The first-order chi connectivity index (χ1) is 4.75. The summed E-state index contributed by atoms with van der Waals surface area (Å²) in [5.41, 5.74) is 2.35. The van der Waals surface area contributed by atoms with Gasteiger partial charge in [-0.2, -0.15) is 0 Å². The van der Waals surface area contributed by atoms with E-state index in [1.807, 2.05) is 6.92 Å². The third-order valence-electron chi connectivity index (χ3n) is 1.62. The van der Waals surface area contributed by atoms with E-state index in [2.05, 4.69) is 29.0 Å². The van der Waals surface area contributed by atoms with Crippen molar-refractivity contribution in [1.82, 2.24) is 9.44 Å². The summed E-state index contributed by atoms with van der Waals surface area (Å²) < 4.78 is 6.25. The molecule has 0 aromatic rings. The lowest BCUT2D eigenvalue weighted by Crippen LogP contribution is -2.20. The molecular weight excluding hydrogens is 144 g/mol. The molecule has 56 valence electrons. The Morgan fingerprint density at radius 3 is 2.90 bits per heavy atom. The van der Waals surface area contributed by atoms with Crippen molar-refractivity contribution in [3.63, 3.8) is 0 Å². The highest BCUT2D eigenvalue weighted by atomic mass is 32.2. The summed E-state index contributed by atoms with van der Waals surface area (Å²) in [4.78, 5) is 0. The van der Waals surface area contributed by atoms with Crippen molar-refractivity contribution in [2.45, 2.75) is 19.9 Å². The highest BCUT2D eigenvalue weighted by Crippen LogP contribution is 2.17. The van der Waals surface area contributed by atoms with E-state index in [0.29, 0.717) is 6.04 Å². The Morgan fingerprint density at radius 1 is 1.80 bits per heavy atom. The van der Waals surface area contributed by atoms with Crippen molar-refractivity contribution in [2.75, 3.05) is 0 Å². The van der Waals surface area contributed by atoms with Crippen LogP contribution in [0, 0.1) is 0 Å². The standard InChI is InChI=1S/C7H12N2S/c1-4-5(2)7-6(3)8-10-9-7/h4,7-9H,3H2,1-2H3/b5-4-. The van der Waals surface area contributed by atoms with E-state index in [-0.39, 0.29) is 0 Å². The molecule has 1 unspecified atom stereocenters. The summed E-state index contributed by atoms with van der Waals surface area (Å²) in [5, 5.41) is 0. The van der Waals surface area contributed by atoms with Gasteiger partial charge in [-0.3, -0.25) is 0 Å². The fraction of sp³-hybridized carbons (Fsp3) is 0.429. The lowest BCUT2D eigenvalue weighted by molar-refractivity contribution is 0.840. The molecule has 0 amide bonds. The third kappa shape index (κ3) is 1.36. The van der Waals surface area contributed by atoms with Gasteiger partial charge in [0.1, 0.15) is 0 Å². The monoisotopic (exact) mass is 156 g/mol. The number of hydrogen-bond donors (Lipinski definition) is 2. The zero-order valence-corrected chi connectivity index (χ0v) is 7.09. The van der Waals surface area contributed by atoms with Gasteiger partial charge < -0.3 is 4.72 Å². The van der Waals surface area contributed by atoms with Gasteiger partial charge in [-0.1, -0.05) is 18.2 Å². The predicted molar refractivity (Wildman–Crippen MR) is 46.2 cm³/mol. The van der Waals surface area contributed by atoms with Crippen LogP contribution in [-0.4, -0.2) is 6.04 Å². The molecular formula is C7H12N2S. The topological polar surface area (TPSA) is 24.1 Å². The van der Waals surface area contributed by atoms with Gasteiger partial charge in [0.05, 0.1) is 6.04 Å². The summed E-state index contributed by atoms with van der Waals surface area (Å²) in [5.74, 6) is 0. The van der Waals surface area contributed by atoms with Crippen LogP contribution in [0.3, 0.4) is 0 Å². The van der Waals surface area contributed by atoms with Crippen molar-refractivity contribution in [1.29, 1.82) is 0 Å². The third-order valence-corrected chi connectivity index (χ3v) is 2.34. The molecule has 1 aliphatic rings. The first-order valence-electron chi connectivity index (χ1n) is 3.24. The molecule has 0 aromatic carbocycles. The van der Waals surface area contributed by atoms with E-state index in [4.69, 9.17) is 0 Å². The molecule has 1 heterocycles. The van der Waals surface area contributed by atoms with E-state index in [9.17, 15) is 0 Å². The fourth-order valence-corrected chi connectivity index (χ4v) is 1.57. The zero-order valence-electron chi connectivity index (χ0n) is 6.27. The molecule has 1 saturated heterocycles. The Balaban J connectivity index is 2.64. The van der Waals surface area contributed by atoms with Gasteiger partial charge in [-0.25, -0.2) is 4.72 Å². The largest absolute Gasteiger partial charge is 0.319 e. The molecule has 1 fully saturated rings. The molecule has 0 bridgehead atoms. The van der Waals surface area contributed by atoms with Crippen LogP contribution in [0.1, 0.15) is 13.8 Å². The van der Waals surface area contributed by atoms with Crippen molar-refractivity contribution in [3.8, 4) is 0 Å². The molecule has 0 radical (unpaired) electrons. The van der Waals surface area contributed by atoms with Gasteiger partial charge in [0.15, 0.2) is 0 Å². The summed E-state index contributed by atoms with van der Waals surface area (Å²) in [6.45, 7) is 8.00. The van der Waals surface area contributed by atoms with E-state index in [1.165, 1.54) is 17.7 Å². The van der Waals surface area contributed by atoms with E-state index >= 15 is 0 Å². The van der Waals surface area contributed by atoms with Gasteiger partial charge in [0, 0.05) is 17.8 Å². The minimum Gasteiger partial charge on any atom is -0.319 e. The summed E-state index contributed by atoms with van der Waals surface area (Å²) in [7, 11) is 0. The Morgan fingerprint density at radius 2 is 2.50 bits per heavy atom. The Kier molecular flexibility index (Phi) is 2.40. The van der Waals surface area contributed by atoms with Gasteiger partial charge in [-0.05, 0) is 13.8 Å². The van der Waals surface area contributed by atoms with Gasteiger partial charge in [-0.15, -0.1) is 0 Å². The lowest BCUT2D eigenvalue weighted by Gasteiger charge is -2.08. The average molecular weight is 156 g/mol. The Bertz CT molecular complexity index is 174. The molecule has 3 heteroatoms. The van der Waals surface area contributed by atoms with Crippen LogP contribution in [-0.2, 0) is 0 Å². The van der Waals surface area contributed by atoms with Gasteiger partial charge in [0.25, 0.3) is 0 Å². The fourth-order valence-electron chi connectivity index (χ4n) is 0.818. The van der Waals surface area contributed by atoms with Crippen molar-refractivity contribution in [2.24, 2.45) is 0 Å². The summed E-state index contributed by atoms with van der Waals surface area (Å²) in [6, 6.07) is 0.315. The SMILES string of the molecule is C=C1NSNC1/C(C)=C\C. The molecule has 1 aliphatic heterocycles. The van der Waals surface area contributed by atoms with E-state index < -0.39 is 0 Å². The second kappa shape index (κ2) is 3.12. The lowest BCUT2D eigenvalue weighted by atomic mass is 10.1. The minimum atomic E-state index is 0.315. The Labute approximate surface area is 66.0 Å². The molecule has 1 atom stereocenters. The van der Waals surface area contributed by atoms with Crippen molar-refractivity contribution in [3.05, 3.63) is 23.9 Å². The second-order valence-corrected chi connectivity index (χ2v) is 2.96. The smallest absolute Gasteiger partial charge is 0.0794 e. The molecule has 2 nitrogen and oxygen atoms in total. The first-order valence-corrected chi connectivity index (χ1v) is 4.06. The molecule has 0 spiro atoms. The predicted octanol–water partition coefficient (Wildman–Crippen LogP) is 1.59. The minimum absolute atomic E-state index is 0.315. The summed E-state index contributed by atoms with van der Waals surface area (Å²) >= 11 is 1.49. The number of allylic oxidation sites excluding steroid dienone is 1. The Hall–Kier alpha value is -0.410. The maximum atomic E-state index is 3.87. The van der Waals surface area contributed by atoms with Crippen molar-refractivity contribution < 1.29 is 0 Å². The number of rotatable bonds is 1. The summed E-state index contributed by atoms with van der Waals surface area (Å²) in [6.07, 6.45) is 2.09. The molecule has 10 heavy (non-hydrogen) atoms. The van der Waals surface area contributed by atoms with Gasteiger partial charge >= 0.3 is 0 Å². The van der Waals surface area contributed by atoms with Crippen LogP contribution in [0.25, 0.3) is 0 Å². The molecule has 1 rings (SSSR count). The molecule has 0 aromatic heterocycles.